The van der Waals surface area contributed by atoms with E-state index in [-0.39, 0.29) is 12.4 Å². The van der Waals surface area contributed by atoms with E-state index in [1.165, 1.54) is 13.8 Å². The molecule has 0 bridgehead atoms. The average Bonchev–Trinajstić information content (AvgIpc) is 2.51. The zero-order chi connectivity index (χ0) is 17.0. The summed E-state index contributed by atoms with van der Waals surface area (Å²) in [4.78, 5) is 24.2. The molecule has 0 heterocycles. The normalized spacial score (nSPS) is 11.1. The van der Waals surface area contributed by atoms with Gasteiger partial charge in [0.2, 0.25) is 0 Å². The zero-order valence-corrected chi connectivity index (χ0v) is 13.5. The van der Waals surface area contributed by atoms with E-state index >= 15 is 0 Å². The standard InChI is InChI=1S/C19H20O4/c1-13-7-4-5-10-16(13)18(21)23-12-14-8-6-9-15(11-14)17(20)19(2,3)22/h4-11,22H,12H2,1-3H3. The average molecular weight is 312 g/mol. The fourth-order valence-electron chi connectivity index (χ4n) is 2.18. The highest BCUT2D eigenvalue weighted by molar-refractivity contribution is 6.01. The molecule has 2 rings (SSSR count). The van der Waals surface area contributed by atoms with Gasteiger partial charge in [-0.15, -0.1) is 0 Å². The first kappa shape index (κ1) is 16.9. The lowest BCUT2D eigenvalue weighted by molar-refractivity contribution is 0.0470. The van der Waals surface area contributed by atoms with Crippen molar-refractivity contribution in [2.75, 3.05) is 0 Å². The van der Waals surface area contributed by atoms with Crippen LogP contribution in [0.5, 0.6) is 0 Å². The van der Waals surface area contributed by atoms with Crippen molar-refractivity contribution in [3.63, 3.8) is 0 Å². The van der Waals surface area contributed by atoms with Crippen LogP contribution in [-0.2, 0) is 11.3 Å². The number of hydrogen-bond acceptors (Lipinski definition) is 4. The molecule has 4 heteroatoms. The van der Waals surface area contributed by atoms with Crippen LogP contribution in [0.15, 0.2) is 48.5 Å². The van der Waals surface area contributed by atoms with Crippen LogP contribution in [0.1, 0.15) is 45.7 Å². The van der Waals surface area contributed by atoms with Crippen molar-refractivity contribution in [1.82, 2.24) is 0 Å². The molecule has 2 aromatic carbocycles. The summed E-state index contributed by atoms with van der Waals surface area (Å²) in [7, 11) is 0. The topological polar surface area (TPSA) is 63.6 Å². The number of ketones is 1. The highest BCUT2D eigenvalue weighted by Crippen LogP contribution is 2.16. The molecule has 120 valence electrons. The SMILES string of the molecule is Cc1ccccc1C(=O)OCc1cccc(C(=O)C(C)(C)O)c1. The predicted molar refractivity (Wildman–Crippen MR) is 87.4 cm³/mol. The molecular formula is C19H20O4. The van der Waals surface area contributed by atoms with Gasteiger partial charge in [-0.1, -0.05) is 36.4 Å². The Balaban J connectivity index is 2.09. The lowest BCUT2D eigenvalue weighted by atomic mass is 9.96. The van der Waals surface area contributed by atoms with Crippen molar-refractivity contribution in [2.24, 2.45) is 0 Å². The molecule has 0 unspecified atom stereocenters. The van der Waals surface area contributed by atoms with Crippen molar-refractivity contribution in [1.29, 1.82) is 0 Å². The molecule has 0 saturated heterocycles. The van der Waals surface area contributed by atoms with Gasteiger partial charge in [0.1, 0.15) is 12.2 Å². The Morgan fingerprint density at radius 1 is 1.09 bits per heavy atom. The molecule has 0 atom stereocenters. The summed E-state index contributed by atoms with van der Waals surface area (Å²) in [6, 6.07) is 13.9. The van der Waals surface area contributed by atoms with E-state index in [0.29, 0.717) is 16.7 Å². The first-order chi connectivity index (χ1) is 10.8. The maximum absolute atomic E-state index is 12.1. The molecule has 1 N–H and O–H groups in total. The summed E-state index contributed by atoms with van der Waals surface area (Å²) in [5.74, 6) is -0.771. The largest absolute Gasteiger partial charge is 0.457 e. The lowest BCUT2D eigenvalue weighted by Crippen LogP contribution is -2.31. The van der Waals surface area contributed by atoms with Crippen LogP contribution in [0.3, 0.4) is 0 Å². The minimum atomic E-state index is -1.43. The minimum Gasteiger partial charge on any atom is -0.457 e. The smallest absolute Gasteiger partial charge is 0.338 e. The van der Waals surface area contributed by atoms with E-state index in [4.69, 9.17) is 4.74 Å². The van der Waals surface area contributed by atoms with Gasteiger partial charge in [0.25, 0.3) is 0 Å². The van der Waals surface area contributed by atoms with Gasteiger partial charge >= 0.3 is 5.97 Å². The first-order valence-corrected chi connectivity index (χ1v) is 7.38. The van der Waals surface area contributed by atoms with E-state index in [0.717, 1.165) is 5.56 Å². The van der Waals surface area contributed by atoms with E-state index < -0.39 is 11.6 Å². The van der Waals surface area contributed by atoms with Crippen LogP contribution >= 0.6 is 0 Å². The molecule has 2 aromatic rings. The number of carbonyl (C=O) groups is 2. The van der Waals surface area contributed by atoms with Crippen molar-refractivity contribution in [3.8, 4) is 0 Å². The minimum absolute atomic E-state index is 0.0696. The Bertz CT molecular complexity index is 726. The Morgan fingerprint density at radius 3 is 2.43 bits per heavy atom. The van der Waals surface area contributed by atoms with Gasteiger partial charge in [-0.05, 0) is 44.0 Å². The fourth-order valence-corrected chi connectivity index (χ4v) is 2.18. The lowest BCUT2D eigenvalue weighted by Gasteiger charge is -2.16. The number of carbonyl (C=O) groups excluding carboxylic acids is 2. The van der Waals surface area contributed by atoms with E-state index in [9.17, 15) is 14.7 Å². The Labute approximate surface area is 135 Å². The van der Waals surface area contributed by atoms with E-state index in [1.54, 1.807) is 36.4 Å². The second-order valence-corrected chi connectivity index (χ2v) is 5.98. The van der Waals surface area contributed by atoms with Crippen molar-refractivity contribution in [2.45, 2.75) is 33.0 Å². The fraction of sp³-hybridized carbons (Fsp3) is 0.263. The monoisotopic (exact) mass is 312 g/mol. The summed E-state index contributed by atoms with van der Waals surface area (Å²) in [5.41, 5.74) is 1.03. The summed E-state index contributed by atoms with van der Waals surface area (Å²) < 4.78 is 5.30. The number of esters is 1. The van der Waals surface area contributed by atoms with Crippen molar-refractivity contribution >= 4 is 11.8 Å². The predicted octanol–water partition coefficient (Wildman–Crippen LogP) is 3.31. The molecule has 0 aromatic heterocycles. The van der Waals surface area contributed by atoms with Gasteiger partial charge in [-0.25, -0.2) is 4.79 Å². The van der Waals surface area contributed by atoms with Gasteiger partial charge in [0, 0.05) is 5.56 Å². The molecule has 23 heavy (non-hydrogen) atoms. The summed E-state index contributed by atoms with van der Waals surface area (Å²) >= 11 is 0. The summed E-state index contributed by atoms with van der Waals surface area (Å²) in [6.07, 6.45) is 0. The zero-order valence-electron chi connectivity index (χ0n) is 13.5. The Kier molecular flexibility index (Phi) is 4.96. The number of ether oxygens (including phenoxy) is 1. The molecule has 0 amide bonds. The van der Waals surface area contributed by atoms with Gasteiger partial charge in [0.05, 0.1) is 5.56 Å². The van der Waals surface area contributed by atoms with Crippen LogP contribution in [0.25, 0.3) is 0 Å². The molecule has 0 radical (unpaired) electrons. The molecule has 0 spiro atoms. The third-order valence-corrected chi connectivity index (χ3v) is 3.48. The molecule has 0 saturated carbocycles. The van der Waals surface area contributed by atoms with Gasteiger partial charge in [-0.2, -0.15) is 0 Å². The van der Waals surface area contributed by atoms with Crippen LogP contribution < -0.4 is 0 Å². The van der Waals surface area contributed by atoms with Crippen LogP contribution in [0.2, 0.25) is 0 Å². The number of rotatable bonds is 5. The number of aliphatic hydroxyl groups is 1. The number of aryl methyl sites for hydroxylation is 1. The third-order valence-electron chi connectivity index (χ3n) is 3.48. The molecule has 0 aliphatic rings. The third kappa shape index (κ3) is 4.27. The molecule has 0 aliphatic carbocycles. The summed E-state index contributed by atoms with van der Waals surface area (Å²) in [5, 5.41) is 9.79. The van der Waals surface area contributed by atoms with Gasteiger partial charge in [-0.3, -0.25) is 4.79 Å². The number of benzene rings is 2. The molecule has 0 fully saturated rings. The second kappa shape index (κ2) is 6.75. The van der Waals surface area contributed by atoms with E-state index in [1.807, 2.05) is 19.1 Å². The number of hydrogen-bond donors (Lipinski definition) is 1. The van der Waals surface area contributed by atoms with Crippen LogP contribution in [0.4, 0.5) is 0 Å². The first-order valence-electron chi connectivity index (χ1n) is 7.38. The van der Waals surface area contributed by atoms with E-state index in [2.05, 4.69) is 0 Å². The molecule has 0 aliphatic heterocycles. The second-order valence-electron chi connectivity index (χ2n) is 5.98. The van der Waals surface area contributed by atoms with Crippen LogP contribution in [0, 0.1) is 6.92 Å². The highest BCUT2D eigenvalue weighted by atomic mass is 16.5. The van der Waals surface area contributed by atoms with Crippen LogP contribution in [-0.4, -0.2) is 22.5 Å². The number of Topliss-reactive ketones (excluding diaryl/α,β-unsaturated/α-hetero) is 1. The molecular weight excluding hydrogens is 292 g/mol. The molecule has 4 nitrogen and oxygen atoms in total. The summed E-state index contributed by atoms with van der Waals surface area (Å²) in [6.45, 7) is 4.81. The van der Waals surface area contributed by atoms with Gasteiger partial charge in [0.15, 0.2) is 5.78 Å². The maximum Gasteiger partial charge on any atom is 0.338 e. The van der Waals surface area contributed by atoms with Gasteiger partial charge < -0.3 is 9.84 Å². The van der Waals surface area contributed by atoms with Crippen molar-refractivity contribution < 1.29 is 19.4 Å². The Hall–Kier alpha value is -2.46. The quantitative estimate of drug-likeness (QED) is 0.679. The Morgan fingerprint density at radius 2 is 1.78 bits per heavy atom. The van der Waals surface area contributed by atoms with Crippen molar-refractivity contribution in [3.05, 3.63) is 70.8 Å². The maximum atomic E-state index is 12.1. The highest BCUT2D eigenvalue weighted by Gasteiger charge is 2.25.